The molecule has 0 saturated carbocycles. The molecule has 0 aromatic heterocycles. The minimum absolute atomic E-state index is 0.559. The number of hydrogen-bond donors (Lipinski definition) is 1. The Morgan fingerprint density at radius 2 is 1.93 bits per heavy atom. The molecule has 0 fully saturated rings. The van der Waals surface area contributed by atoms with E-state index < -0.39 is 10.1 Å². The number of rotatable bonds is 3. The average Bonchev–Trinajstić information content (AvgIpc) is 2.14. The van der Waals surface area contributed by atoms with Crippen molar-refractivity contribution in [1.29, 1.82) is 0 Å². The van der Waals surface area contributed by atoms with Gasteiger partial charge in [-0.2, -0.15) is 8.42 Å². The number of allylic oxidation sites excluding steroid dienone is 1. The predicted molar refractivity (Wildman–Crippen MR) is 56.3 cm³/mol. The van der Waals surface area contributed by atoms with Crippen molar-refractivity contribution >= 4 is 15.7 Å². The summed E-state index contributed by atoms with van der Waals surface area (Å²) in [4.78, 5) is 0. The first-order chi connectivity index (χ1) is 6.53. The van der Waals surface area contributed by atoms with E-state index in [4.69, 9.17) is 4.55 Å². The van der Waals surface area contributed by atoms with Gasteiger partial charge < -0.3 is 0 Å². The van der Waals surface area contributed by atoms with Crippen LogP contribution in [0.5, 0.6) is 0 Å². The molecule has 76 valence electrons. The summed E-state index contributed by atoms with van der Waals surface area (Å²) in [5, 5.41) is 0.891. The summed E-state index contributed by atoms with van der Waals surface area (Å²) in [7, 11) is -4.05. The van der Waals surface area contributed by atoms with Gasteiger partial charge in [-0.1, -0.05) is 37.3 Å². The van der Waals surface area contributed by atoms with E-state index in [-0.39, 0.29) is 0 Å². The highest BCUT2D eigenvalue weighted by Crippen LogP contribution is 2.18. The second-order valence-corrected chi connectivity index (χ2v) is 4.14. The van der Waals surface area contributed by atoms with Gasteiger partial charge in [0.2, 0.25) is 0 Å². The third-order valence-electron chi connectivity index (χ3n) is 1.82. The zero-order chi connectivity index (χ0) is 10.6. The fourth-order valence-corrected chi connectivity index (χ4v) is 1.85. The van der Waals surface area contributed by atoms with E-state index >= 15 is 0 Å². The van der Waals surface area contributed by atoms with Crippen molar-refractivity contribution in [1.82, 2.24) is 0 Å². The summed E-state index contributed by atoms with van der Waals surface area (Å²) >= 11 is 0. The van der Waals surface area contributed by atoms with Crippen LogP contribution in [0.2, 0.25) is 0 Å². The van der Waals surface area contributed by atoms with E-state index in [1.54, 1.807) is 12.1 Å². The maximum atomic E-state index is 10.7. The van der Waals surface area contributed by atoms with Gasteiger partial charge in [-0.15, -0.1) is 0 Å². The molecular weight excluding hydrogens is 200 g/mol. The Bertz CT molecular complexity index is 418. The van der Waals surface area contributed by atoms with Crippen molar-refractivity contribution in [2.75, 3.05) is 0 Å². The SMILES string of the molecule is CCC(=CS(=O)(=O)O)c1ccccc1. The summed E-state index contributed by atoms with van der Waals surface area (Å²) in [5.74, 6) is 0. The Morgan fingerprint density at radius 1 is 1.36 bits per heavy atom. The van der Waals surface area contributed by atoms with Crippen molar-refractivity contribution in [3.05, 3.63) is 41.3 Å². The normalized spacial score (nSPS) is 12.9. The molecule has 1 aromatic rings. The van der Waals surface area contributed by atoms with Crippen LogP contribution in [0.1, 0.15) is 18.9 Å². The molecule has 1 aromatic carbocycles. The van der Waals surface area contributed by atoms with Crippen LogP contribution >= 0.6 is 0 Å². The van der Waals surface area contributed by atoms with Crippen molar-refractivity contribution in [2.45, 2.75) is 13.3 Å². The van der Waals surface area contributed by atoms with Gasteiger partial charge in [0.25, 0.3) is 10.1 Å². The van der Waals surface area contributed by atoms with Crippen LogP contribution < -0.4 is 0 Å². The molecule has 0 atom stereocenters. The van der Waals surface area contributed by atoms with Crippen molar-refractivity contribution in [3.63, 3.8) is 0 Å². The molecule has 0 aliphatic heterocycles. The Labute approximate surface area is 83.8 Å². The van der Waals surface area contributed by atoms with E-state index in [0.717, 1.165) is 11.0 Å². The largest absolute Gasteiger partial charge is 0.287 e. The Kier molecular flexibility index (Phi) is 3.43. The van der Waals surface area contributed by atoms with Gasteiger partial charge in [0.05, 0.1) is 5.41 Å². The van der Waals surface area contributed by atoms with Crippen molar-refractivity contribution in [3.8, 4) is 0 Å². The number of hydrogen-bond acceptors (Lipinski definition) is 2. The number of benzene rings is 1. The van der Waals surface area contributed by atoms with Gasteiger partial charge in [-0.3, -0.25) is 4.55 Å². The van der Waals surface area contributed by atoms with E-state index in [0.29, 0.717) is 12.0 Å². The van der Waals surface area contributed by atoms with E-state index in [9.17, 15) is 8.42 Å². The first-order valence-corrected chi connectivity index (χ1v) is 5.76. The van der Waals surface area contributed by atoms with Gasteiger partial charge in [-0.05, 0) is 17.6 Å². The zero-order valence-electron chi connectivity index (χ0n) is 7.84. The predicted octanol–water partition coefficient (Wildman–Crippen LogP) is 2.33. The Hall–Kier alpha value is -1.13. The molecular formula is C10H12O3S. The summed E-state index contributed by atoms with van der Waals surface area (Å²) in [6, 6.07) is 9.11. The third-order valence-corrected chi connectivity index (χ3v) is 2.40. The van der Waals surface area contributed by atoms with Gasteiger partial charge in [0.1, 0.15) is 0 Å². The maximum absolute atomic E-state index is 10.7. The van der Waals surface area contributed by atoms with Crippen molar-refractivity contribution in [2.24, 2.45) is 0 Å². The lowest BCUT2D eigenvalue weighted by Gasteiger charge is -2.02. The quantitative estimate of drug-likeness (QED) is 0.782. The first-order valence-electron chi connectivity index (χ1n) is 4.26. The standard InChI is InChI=1S/C10H12O3S/c1-2-9(8-14(11,12)13)10-6-4-3-5-7-10/h3-8H,2H2,1H3,(H,11,12,13). The van der Waals surface area contributed by atoms with Crippen LogP contribution in [0.25, 0.3) is 5.57 Å². The molecule has 0 spiro atoms. The minimum atomic E-state index is -4.05. The van der Waals surface area contributed by atoms with E-state index in [2.05, 4.69) is 0 Å². The topological polar surface area (TPSA) is 54.4 Å². The highest BCUT2D eigenvalue weighted by atomic mass is 32.2. The highest BCUT2D eigenvalue weighted by Gasteiger charge is 2.04. The molecule has 1 rings (SSSR count). The third kappa shape index (κ3) is 3.32. The van der Waals surface area contributed by atoms with Crippen LogP contribution in [-0.4, -0.2) is 13.0 Å². The van der Waals surface area contributed by atoms with Gasteiger partial charge in [0, 0.05) is 0 Å². The van der Waals surface area contributed by atoms with Crippen LogP contribution in [-0.2, 0) is 10.1 Å². The molecule has 14 heavy (non-hydrogen) atoms. The fourth-order valence-electron chi connectivity index (χ4n) is 1.19. The molecule has 0 radical (unpaired) electrons. The average molecular weight is 212 g/mol. The van der Waals surface area contributed by atoms with E-state index in [1.165, 1.54) is 0 Å². The smallest absolute Gasteiger partial charge is 0.282 e. The summed E-state index contributed by atoms with van der Waals surface area (Å²) in [6.45, 7) is 1.84. The van der Waals surface area contributed by atoms with Crippen LogP contribution in [0.4, 0.5) is 0 Å². The molecule has 0 aliphatic rings. The molecule has 0 heterocycles. The first kappa shape index (κ1) is 10.9. The second kappa shape index (κ2) is 4.39. The molecule has 3 nitrogen and oxygen atoms in total. The summed E-state index contributed by atoms with van der Waals surface area (Å²) < 4.78 is 30.0. The monoisotopic (exact) mass is 212 g/mol. The van der Waals surface area contributed by atoms with Gasteiger partial charge >= 0.3 is 0 Å². The Balaban J connectivity index is 3.12. The van der Waals surface area contributed by atoms with Crippen LogP contribution in [0.3, 0.4) is 0 Å². The molecule has 1 N–H and O–H groups in total. The van der Waals surface area contributed by atoms with Crippen LogP contribution in [0.15, 0.2) is 35.7 Å². The van der Waals surface area contributed by atoms with Crippen LogP contribution in [0, 0.1) is 0 Å². The lowest BCUT2D eigenvalue weighted by molar-refractivity contribution is 0.494. The lowest BCUT2D eigenvalue weighted by atomic mass is 10.1. The molecule has 4 heteroatoms. The molecule has 0 bridgehead atoms. The molecule has 0 aliphatic carbocycles. The Morgan fingerprint density at radius 3 is 2.36 bits per heavy atom. The minimum Gasteiger partial charge on any atom is -0.282 e. The molecule has 0 saturated heterocycles. The van der Waals surface area contributed by atoms with Crippen molar-refractivity contribution < 1.29 is 13.0 Å². The fraction of sp³-hybridized carbons (Fsp3) is 0.200. The molecule has 0 amide bonds. The van der Waals surface area contributed by atoms with E-state index in [1.807, 2.05) is 25.1 Å². The summed E-state index contributed by atoms with van der Waals surface area (Å²) in [5.41, 5.74) is 1.42. The van der Waals surface area contributed by atoms with Gasteiger partial charge in [-0.25, -0.2) is 0 Å². The highest BCUT2D eigenvalue weighted by molar-refractivity contribution is 7.89. The second-order valence-electron chi connectivity index (χ2n) is 2.88. The maximum Gasteiger partial charge on any atom is 0.287 e. The zero-order valence-corrected chi connectivity index (χ0v) is 8.66. The molecule has 0 unspecified atom stereocenters. The lowest BCUT2D eigenvalue weighted by Crippen LogP contribution is -1.93. The van der Waals surface area contributed by atoms with Gasteiger partial charge in [0.15, 0.2) is 0 Å². The summed E-state index contributed by atoms with van der Waals surface area (Å²) in [6.07, 6.45) is 0.559.